The smallest absolute Gasteiger partial charge is 0.101 e. The highest BCUT2D eigenvalue weighted by Crippen LogP contribution is 2.35. The van der Waals surface area contributed by atoms with Crippen LogP contribution in [0.5, 0.6) is 0 Å². The Labute approximate surface area is 128 Å². The molecule has 1 aromatic carbocycles. The molecular formula is C16H16N4S. The topological polar surface area (TPSA) is 52.0 Å². The first-order valence-corrected chi connectivity index (χ1v) is 7.77. The van der Waals surface area contributed by atoms with Crippen molar-refractivity contribution < 1.29 is 0 Å². The molecule has 2 heterocycles. The van der Waals surface area contributed by atoms with Gasteiger partial charge in [-0.25, -0.2) is 4.98 Å². The van der Waals surface area contributed by atoms with Crippen LogP contribution in [0.15, 0.2) is 52.5 Å². The van der Waals surface area contributed by atoms with Gasteiger partial charge in [-0.2, -0.15) is 5.26 Å². The second-order valence-electron chi connectivity index (χ2n) is 4.80. The van der Waals surface area contributed by atoms with Crippen LogP contribution in [0.25, 0.3) is 0 Å². The largest absolute Gasteiger partial charge is 0.368 e. The molecule has 2 aromatic rings. The maximum Gasteiger partial charge on any atom is 0.101 e. The van der Waals surface area contributed by atoms with Crippen LogP contribution < -0.4 is 10.2 Å². The summed E-state index contributed by atoms with van der Waals surface area (Å²) in [5.74, 6) is 0. The fourth-order valence-corrected chi connectivity index (χ4v) is 3.33. The van der Waals surface area contributed by atoms with E-state index >= 15 is 0 Å². The summed E-state index contributed by atoms with van der Waals surface area (Å²) in [5, 5.41) is 13.4. The molecule has 106 valence electrons. The first-order chi connectivity index (χ1) is 10.4. The lowest BCUT2D eigenvalue weighted by Crippen LogP contribution is -2.43. The van der Waals surface area contributed by atoms with E-state index in [2.05, 4.69) is 27.3 Å². The average molecular weight is 296 g/mol. The number of nitrogens with zero attached hydrogens (tertiary/aromatic N) is 3. The van der Waals surface area contributed by atoms with Crippen molar-refractivity contribution >= 4 is 17.4 Å². The molecule has 1 aliphatic rings. The normalized spacial score (nSPS) is 14.7. The molecule has 0 radical (unpaired) electrons. The van der Waals surface area contributed by atoms with Gasteiger partial charge < -0.3 is 10.2 Å². The number of piperazine rings is 1. The Morgan fingerprint density at radius 3 is 2.76 bits per heavy atom. The zero-order valence-corrected chi connectivity index (χ0v) is 12.4. The van der Waals surface area contributed by atoms with E-state index < -0.39 is 0 Å². The molecule has 0 atom stereocenters. The number of anilines is 1. The van der Waals surface area contributed by atoms with Gasteiger partial charge in [-0.05, 0) is 30.3 Å². The average Bonchev–Trinajstić information content (AvgIpc) is 2.56. The van der Waals surface area contributed by atoms with Gasteiger partial charge in [-0.1, -0.05) is 17.8 Å². The predicted molar refractivity (Wildman–Crippen MR) is 84.6 cm³/mol. The summed E-state index contributed by atoms with van der Waals surface area (Å²) >= 11 is 1.61. The Hall–Kier alpha value is -2.03. The van der Waals surface area contributed by atoms with Gasteiger partial charge in [-0.3, -0.25) is 0 Å². The number of benzene rings is 1. The zero-order valence-electron chi connectivity index (χ0n) is 11.6. The molecule has 0 saturated carbocycles. The first-order valence-electron chi connectivity index (χ1n) is 6.95. The van der Waals surface area contributed by atoms with Crippen LogP contribution >= 0.6 is 11.8 Å². The van der Waals surface area contributed by atoms with E-state index in [9.17, 15) is 0 Å². The zero-order chi connectivity index (χ0) is 14.5. The van der Waals surface area contributed by atoms with Gasteiger partial charge in [0, 0.05) is 37.3 Å². The van der Waals surface area contributed by atoms with Crippen molar-refractivity contribution in [3.63, 3.8) is 0 Å². The fourth-order valence-electron chi connectivity index (χ4n) is 2.35. The van der Waals surface area contributed by atoms with Crippen molar-refractivity contribution in [1.29, 1.82) is 5.26 Å². The third-order valence-corrected chi connectivity index (χ3v) is 4.40. The number of nitrogens with one attached hydrogen (secondary N) is 1. The Balaban J connectivity index is 1.93. The van der Waals surface area contributed by atoms with Gasteiger partial charge in [0.1, 0.15) is 5.03 Å². The number of aromatic nitrogens is 1. The van der Waals surface area contributed by atoms with E-state index in [1.165, 1.54) is 5.69 Å². The molecule has 0 aliphatic carbocycles. The molecule has 1 aromatic heterocycles. The van der Waals surface area contributed by atoms with Gasteiger partial charge in [0.25, 0.3) is 0 Å². The summed E-state index contributed by atoms with van der Waals surface area (Å²) < 4.78 is 0. The quantitative estimate of drug-likeness (QED) is 0.943. The number of hydrogen-bond acceptors (Lipinski definition) is 5. The molecule has 0 spiro atoms. The van der Waals surface area contributed by atoms with Gasteiger partial charge in [0.05, 0.1) is 17.3 Å². The Morgan fingerprint density at radius 2 is 2.05 bits per heavy atom. The van der Waals surface area contributed by atoms with Crippen molar-refractivity contribution in [1.82, 2.24) is 10.3 Å². The van der Waals surface area contributed by atoms with E-state index in [0.29, 0.717) is 5.56 Å². The van der Waals surface area contributed by atoms with Crippen molar-refractivity contribution in [3.8, 4) is 6.07 Å². The van der Waals surface area contributed by atoms with Crippen molar-refractivity contribution in [2.45, 2.75) is 9.92 Å². The molecule has 5 heteroatoms. The first kappa shape index (κ1) is 13.9. The van der Waals surface area contributed by atoms with Gasteiger partial charge >= 0.3 is 0 Å². The molecule has 0 unspecified atom stereocenters. The van der Waals surface area contributed by atoms with Crippen molar-refractivity contribution in [3.05, 3.63) is 48.2 Å². The highest BCUT2D eigenvalue weighted by molar-refractivity contribution is 7.99. The molecule has 21 heavy (non-hydrogen) atoms. The molecule has 1 fully saturated rings. The summed E-state index contributed by atoms with van der Waals surface area (Å²) in [6.45, 7) is 3.96. The third kappa shape index (κ3) is 3.35. The second-order valence-corrected chi connectivity index (χ2v) is 5.86. The summed E-state index contributed by atoms with van der Waals surface area (Å²) in [5.41, 5.74) is 1.87. The van der Waals surface area contributed by atoms with Crippen LogP contribution in [0.2, 0.25) is 0 Å². The minimum Gasteiger partial charge on any atom is -0.368 e. The highest BCUT2D eigenvalue weighted by Gasteiger charge is 2.15. The second kappa shape index (κ2) is 6.61. The predicted octanol–water partition coefficient (Wildman–Crippen LogP) is 2.51. The molecule has 1 N–H and O–H groups in total. The van der Waals surface area contributed by atoms with Crippen LogP contribution in [0.4, 0.5) is 5.69 Å². The molecular weight excluding hydrogens is 280 g/mol. The van der Waals surface area contributed by atoms with Gasteiger partial charge in [0.15, 0.2) is 0 Å². The van der Waals surface area contributed by atoms with E-state index in [1.54, 1.807) is 18.0 Å². The monoisotopic (exact) mass is 296 g/mol. The summed E-state index contributed by atoms with van der Waals surface area (Å²) in [6, 6.07) is 14.0. The van der Waals surface area contributed by atoms with E-state index in [1.807, 2.05) is 30.3 Å². The Bertz CT molecular complexity index is 645. The van der Waals surface area contributed by atoms with Crippen molar-refractivity contribution in [2.24, 2.45) is 0 Å². The lowest BCUT2D eigenvalue weighted by Gasteiger charge is -2.31. The highest BCUT2D eigenvalue weighted by atomic mass is 32.2. The van der Waals surface area contributed by atoms with Crippen LogP contribution in [0, 0.1) is 11.3 Å². The van der Waals surface area contributed by atoms with Crippen LogP contribution in [0.1, 0.15) is 5.56 Å². The third-order valence-electron chi connectivity index (χ3n) is 3.40. The minimum absolute atomic E-state index is 0.687. The summed E-state index contributed by atoms with van der Waals surface area (Å²) in [6.07, 6.45) is 1.79. The molecule has 0 amide bonds. The molecule has 0 bridgehead atoms. The molecule has 1 saturated heterocycles. The molecule has 1 aliphatic heterocycles. The van der Waals surface area contributed by atoms with Crippen LogP contribution in [0.3, 0.4) is 0 Å². The maximum atomic E-state index is 9.13. The molecule has 3 rings (SSSR count). The van der Waals surface area contributed by atoms with Crippen LogP contribution in [-0.2, 0) is 0 Å². The van der Waals surface area contributed by atoms with E-state index in [0.717, 1.165) is 36.1 Å². The number of rotatable bonds is 3. The number of nitriles is 1. The van der Waals surface area contributed by atoms with Gasteiger partial charge in [-0.15, -0.1) is 0 Å². The fraction of sp³-hybridized carbons (Fsp3) is 0.250. The lowest BCUT2D eigenvalue weighted by atomic mass is 10.2. The van der Waals surface area contributed by atoms with Crippen LogP contribution in [-0.4, -0.2) is 31.2 Å². The lowest BCUT2D eigenvalue weighted by molar-refractivity contribution is 0.587. The summed E-state index contributed by atoms with van der Waals surface area (Å²) in [7, 11) is 0. The van der Waals surface area contributed by atoms with E-state index in [-0.39, 0.29) is 0 Å². The standard InChI is InChI=1S/C16H16N4S/c17-12-13-4-5-14(20-9-7-18-8-10-20)15(11-13)21-16-3-1-2-6-19-16/h1-6,11,18H,7-10H2. The Kier molecular flexibility index (Phi) is 4.39. The number of hydrogen-bond donors (Lipinski definition) is 1. The molecule has 4 nitrogen and oxygen atoms in total. The van der Waals surface area contributed by atoms with Crippen molar-refractivity contribution in [2.75, 3.05) is 31.1 Å². The SMILES string of the molecule is N#Cc1ccc(N2CCNCC2)c(Sc2ccccn2)c1. The summed E-state index contributed by atoms with van der Waals surface area (Å²) in [4.78, 5) is 7.82. The Morgan fingerprint density at radius 1 is 1.19 bits per heavy atom. The minimum atomic E-state index is 0.687. The van der Waals surface area contributed by atoms with Gasteiger partial charge in [0.2, 0.25) is 0 Å². The van der Waals surface area contributed by atoms with E-state index in [4.69, 9.17) is 5.26 Å². The number of pyridine rings is 1. The maximum absolute atomic E-state index is 9.13.